The van der Waals surface area contributed by atoms with Crippen LogP contribution in [-0.2, 0) is 4.79 Å². The fourth-order valence-electron chi connectivity index (χ4n) is 10.4. The van der Waals surface area contributed by atoms with Crippen LogP contribution < -0.4 is 0 Å². The molecule has 0 bridgehead atoms. The van der Waals surface area contributed by atoms with Gasteiger partial charge in [0.25, 0.3) is 0 Å². The van der Waals surface area contributed by atoms with Crippen LogP contribution >= 0.6 is 0 Å². The summed E-state index contributed by atoms with van der Waals surface area (Å²) < 4.78 is 0. The van der Waals surface area contributed by atoms with Crippen LogP contribution in [-0.4, -0.2) is 51.7 Å². The summed E-state index contributed by atoms with van der Waals surface area (Å²) in [7, 11) is 0. The largest absolute Gasteiger partial charge is 0.393 e. The topological polar surface area (TPSA) is 60.8 Å². The highest BCUT2D eigenvalue weighted by Crippen LogP contribution is 2.66. The molecule has 0 radical (unpaired) electrons. The van der Waals surface area contributed by atoms with E-state index in [1.54, 1.807) is 0 Å². The van der Waals surface area contributed by atoms with Gasteiger partial charge in [-0.25, -0.2) is 0 Å². The summed E-state index contributed by atoms with van der Waals surface area (Å²) in [6.07, 6.45) is 9.08. The molecule has 0 amide bonds. The maximum atomic E-state index is 13.2. The highest BCUT2D eigenvalue weighted by atomic mass is 16.3. The Balaban J connectivity index is 1.31. The molecule has 2 aliphatic heterocycles. The number of rotatable bonds is 0. The van der Waals surface area contributed by atoms with Gasteiger partial charge in [0, 0.05) is 31.5 Å². The first kappa shape index (κ1) is 21.1. The first-order valence-electron chi connectivity index (χ1n) is 13.4. The van der Waals surface area contributed by atoms with Gasteiger partial charge in [0.15, 0.2) is 0 Å². The van der Waals surface area contributed by atoms with E-state index in [4.69, 9.17) is 0 Å². The van der Waals surface area contributed by atoms with Gasteiger partial charge >= 0.3 is 0 Å². The highest BCUT2D eigenvalue weighted by molar-refractivity contribution is 5.83. The van der Waals surface area contributed by atoms with Crippen molar-refractivity contribution < 1.29 is 15.0 Å². The molecule has 0 spiro atoms. The summed E-state index contributed by atoms with van der Waals surface area (Å²) in [4.78, 5) is 15.9. The van der Waals surface area contributed by atoms with E-state index in [0.717, 1.165) is 44.6 Å². The van der Waals surface area contributed by atoms with E-state index in [9.17, 15) is 15.0 Å². The molecule has 2 saturated heterocycles. The molecule has 6 fully saturated rings. The zero-order chi connectivity index (χ0) is 21.7. The number of aliphatic hydroxyl groups excluding tert-OH is 1. The van der Waals surface area contributed by atoms with E-state index >= 15 is 0 Å². The first-order chi connectivity index (χ1) is 14.7. The van der Waals surface area contributed by atoms with Gasteiger partial charge in [0.05, 0.1) is 11.7 Å². The lowest BCUT2D eigenvalue weighted by Gasteiger charge is -2.59. The normalized spacial score (nSPS) is 59.2. The molecule has 4 aliphatic carbocycles. The summed E-state index contributed by atoms with van der Waals surface area (Å²) in [5.41, 5.74) is -0.482. The molecule has 0 aromatic carbocycles. The van der Waals surface area contributed by atoms with Crippen molar-refractivity contribution in [3.05, 3.63) is 0 Å². The minimum absolute atomic E-state index is 0.0789. The van der Waals surface area contributed by atoms with Gasteiger partial charge < -0.3 is 10.2 Å². The van der Waals surface area contributed by atoms with Crippen molar-refractivity contribution in [2.45, 2.75) is 96.3 Å². The summed E-state index contributed by atoms with van der Waals surface area (Å²) in [6, 6.07) is 0.341. The van der Waals surface area contributed by atoms with Crippen LogP contribution in [0.1, 0.15) is 78.6 Å². The maximum Gasteiger partial charge on any atom is 0.136 e. The lowest BCUT2D eigenvalue weighted by molar-refractivity contribution is -0.175. The average Bonchev–Trinajstić information content (AvgIpc) is 3.09. The molecule has 4 saturated carbocycles. The number of hydrogen-bond donors (Lipinski definition) is 2. The van der Waals surface area contributed by atoms with Gasteiger partial charge in [0.2, 0.25) is 0 Å². The Morgan fingerprint density at radius 1 is 0.903 bits per heavy atom. The Bertz CT molecular complexity index is 751. The summed E-state index contributed by atoms with van der Waals surface area (Å²) in [6.45, 7) is 9.23. The Kier molecular flexibility index (Phi) is 4.78. The zero-order valence-corrected chi connectivity index (χ0v) is 19.8. The fraction of sp³-hybridized carbons (Fsp3) is 0.963. The number of nitrogens with zero attached hydrogens (tertiary/aromatic N) is 1. The number of aliphatic hydroxyl groups is 2. The van der Waals surface area contributed by atoms with Crippen LogP contribution in [0.2, 0.25) is 0 Å². The second-order valence-corrected chi connectivity index (χ2v) is 13.2. The molecule has 31 heavy (non-hydrogen) atoms. The van der Waals surface area contributed by atoms with E-state index in [1.165, 1.54) is 25.8 Å². The lowest BCUT2D eigenvalue weighted by atomic mass is 9.51. The minimum Gasteiger partial charge on any atom is -0.393 e. The van der Waals surface area contributed by atoms with E-state index in [2.05, 4.69) is 25.7 Å². The van der Waals surface area contributed by atoms with Crippen LogP contribution in [0, 0.1) is 52.8 Å². The Morgan fingerprint density at radius 2 is 1.71 bits per heavy atom. The molecule has 0 aromatic heterocycles. The van der Waals surface area contributed by atoms with Crippen molar-refractivity contribution in [1.29, 1.82) is 0 Å². The number of hydrogen-bond acceptors (Lipinski definition) is 4. The van der Waals surface area contributed by atoms with Gasteiger partial charge in [-0.05, 0) is 105 Å². The molecule has 2 heterocycles. The molecule has 2 unspecified atom stereocenters. The quantitative estimate of drug-likeness (QED) is 0.613. The van der Waals surface area contributed by atoms with E-state index in [0.29, 0.717) is 53.8 Å². The third-order valence-electron chi connectivity index (χ3n) is 11.8. The van der Waals surface area contributed by atoms with Crippen LogP contribution in [0.5, 0.6) is 0 Å². The van der Waals surface area contributed by atoms with Gasteiger partial charge in [-0.3, -0.25) is 9.69 Å². The molecule has 12 atom stereocenters. The molecule has 2 N–H and O–H groups in total. The Morgan fingerprint density at radius 3 is 2.52 bits per heavy atom. The van der Waals surface area contributed by atoms with Gasteiger partial charge in [0.1, 0.15) is 5.78 Å². The number of fused-ring (bicyclic) bond motifs is 8. The van der Waals surface area contributed by atoms with Gasteiger partial charge in [-0.2, -0.15) is 0 Å². The third kappa shape index (κ3) is 2.93. The van der Waals surface area contributed by atoms with Crippen molar-refractivity contribution >= 4 is 5.78 Å². The minimum atomic E-state index is -0.570. The number of carbonyl (C=O) groups is 1. The monoisotopic (exact) mass is 429 g/mol. The molecular weight excluding hydrogens is 386 g/mol. The van der Waals surface area contributed by atoms with Crippen molar-refractivity contribution in [1.82, 2.24) is 4.90 Å². The van der Waals surface area contributed by atoms with Crippen molar-refractivity contribution in [2.24, 2.45) is 52.8 Å². The second kappa shape index (κ2) is 7.03. The number of Topliss-reactive ketones (excluding diaryl/α,β-unsaturated/α-hetero) is 1. The second-order valence-electron chi connectivity index (χ2n) is 13.2. The molecule has 174 valence electrons. The van der Waals surface area contributed by atoms with Crippen LogP contribution in [0.3, 0.4) is 0 Å². The lowest BCUT2D eigenvalue weighted by Crippen LogP contribution is -2.67. The molecular formula is C27H43NO3. The molecule has 4 heteroatoms. The number of piperidine rings is 2. The van der Waals surface area contributed by atoms with E-state index in [-0.39, 0.29) is 17.4 Å². The zero-order valence-electron chi connectivity index (χ0n) is 19.8. The first-order valence-corrected chi connectivity index (χ1v) is 13.4. The maximum absolute atomic E-state index is 13.2. The standard InChI is InChI=1S/C27H43NO3/c1-15-4-7-25-27(3,31)21-6-5-17-18(20(21)14-28(25)13-15)11-22-19(17)12-24(30)23-10-16(29)8-9-26(22,23)2/h15-23,25,29,31H,4-14H2,1-3H3/t15?,16?,17-,18+,19+,20-,21+,22+,23+,25-,26+,27+/m1/s1. The Labute approximate surface area is 188 Å². The molecule has 6 rings (SSSR count). The predicted molar refractivity (Wildman–Crippen MR) is 120 cm³/mol. The molecule has 4 nitrogen and oxygen atoms in total. The Hall–Kier alpha value is -0.450. The van der Waals surface area contributed by atoms with E-state index in [1.807, 2.05) is 0 Å². The van der Waals surface area contributed by atoms with Crippen molar-refractivity contribution in [3.63, 3.8) is 0 Å². The van der Waals surface area contributed by atoms with Crippen LogP contribution in [0.15, 0.2) is 0 Å². The van der Waals surface area contributed by atoms with Gasteiger partial charge in [-0.1, -0.05) is 13.8 Å². The number of carbonyl (C=O) groups excluding carboxylic acids is 1. The highest BCUT2D eigenvalue weighted by Gasteiger charge is 2.64. The summed E-state index contributed by atoms with van der Waals surface area (Å²) in [5.74, 6) is 4.82. The molecule has 6 aliphatic rings. The predicted octanol–water partition coefficient (Wildman–Crippen LogP) is 3.89. The summed E-state index contributed by atoms with van der Waals surface area (Å²) >= 11 is 0. The van der Waals surface area contributed by atoms with E-state index < -0.39 is 5.60 Å². The fourth-order valence-corrected chi connectivity index (χ4v) is 10.4. The van der Waals surface area contributed by atoms with Crippen molar-refractivity contribution in [2.75, 3.05) is 13.1 Å². The van der Waals surface area contributed by atoms with Gasteiger partial charge in [-0.15, -0.1) is 0 Å². The third-order valence-corrected chi connectivity index (χ3v) is 11.8. The SMILES string of the molecule is CC1CC[C@H]2N(C1)C[C@@H]1[C@H]3C[C@H]4[C@@H](CC(=O)[C@@H]5CC(O)CC[C@]54C)[C@@H]3CC[C@@H]1[C@]2(C)O. The smallest absolute Gasteiger partial charge is 0.136 e. The number of ketones is 1. The van der Waals surface area contributed by atoms with Crippen molar-refractivity contribution in [3.8, 4) is 0 Å². The van der Waals surface area contributed by atoms with Crippen LogP contribution in [0.4, 0.5) is 0 Å². The molecule has 0 aromatic rings. The summed E-state index contributed by atoms with van der Waals surface area (Å²) in [5, 5.41) is 22.1. The van der Waals surface area contributed by atoms with Crippen LogP contribution in [0.25, 0.3) is 0 Å². The average molecular weight is 430 g/mol.